The number of hydrogen-bond acceptors (Lipinski definition) is 3. The van der Waals surface area contributed by atoms with Crippen LogP contribution in [0.15, 0.2) is 24.3 Å². The predicted molar refractivity (Wildman–Crippen MR) is 73.5 cm³/mol. The Hall–Kier alpha value is -1.35. The van der Waals surface area contributed by atoms with E-state index in [0.717, 1.165) is 6.42 Å². The molecule has 1 aromatic rings. The van der Waals surface area contributed by atoms with Crippen LogP contribution in [0.3, 0.4) is 0 Å². The van der Waals surface area contributed by atoms with Crippen LogP contribution in [0.25, 0.3) is 0 Å². The lowest BCUT2D eigenvalue weighted by atomic mass is 10.0. The smallest absolute Gasteiger partial charge is 0.322 e. The first-order valence-electron chi connectivity index (χ1n) is 6.48. The molecule has 0 aliphatic heterocycles. The number of rotatable bonds is 6. The van der Waals surface area contributed by atoms with E-state index in [0.29, 0.717) is 12.5 Å². The minimum absolute atomic E-state index is 0.198. The lowest BCUT2D eigenvalue weighted by molar-refractivity contribution is -0.143. The third-order valence-corrected chi connectivity index (χ3v) is 3.09. The van der Waals surface area contributed by atoms with Gasteiger partial charge in [0.05, 0.1) is 7.11 Å². The van der Waals surface area contributed by atoms with Gasteiger partial charge in [0.2, 0.25) is 0 Å². The van der Waals surface area contributed by atoms with Gasteiger partial charge in [-0.25, -0.2) is 0 Å². The molecule has 0 saturated heterocycles. The highest BCUT2D eigenvalue weighted by atomic mass is 16.5. The van der Waals surface area contributed by atoms with Gasteiger partial charge >= 0.3 is 5.97 Å². The van der Waals surface area contributed by atoms with E-state index < -0.39 is 0 Å². The molecule has 0 bridgehead atoms. The molecule has 1 N–H and O–H groups in total. The molecule has 1 unspecified atom stereocenters. The molecule has 0 aromatic heterocycles. The number of carbonyl (C=O) groups is 1. The van der Waals surface area contributed by atoms with Gasteiger partial charge in [0.1, 0.15) is 6.04 Å². The van der Waals surface area contributed by atoms with Crippen LogP contribution in [0.1, 0.15) is 44.2 Å². The number of esters is 1. The fourth-order valence-electron chi connectivity index (χ4n) is 1.80. The van der Waals surface area contributed by atoms with Crippen LogP contribution >= 0.6 is 0 Å². The zero-order valence-electron chi connectivity index (χ0n) is 11.7. The molecule has 3 nitrogen and oxygen atoms in total. The number of carbonyl (C=O) groups excluding carboxylic acids is 1. The highest BCUT2D eigenvalue weighted by molar-refractivity contribution is 5.75. The molecule has 0 saturated carbocycles. The molecular weight excluding hydrogens is 226 g/mol. The number of hydrogen-bond donors (Lipinski definition) is 1. The van der Waals surface area contributed by atoms with Crippen LogP contribution in [0.2, 0.25) is 0 Å². The lowest BCUT2D eigenvalue weighted by Crippen LogP contribution is -2.36. The van der Waals surface area contributed by atoms with Gasteiger partial charge < -0.3 is 10.1 Å². The van der Waals surface area contributed by atoms with Crippen LogP contribution in [0.4, 0.5) is 0 Å². The second-order valence-corrected chi connectivity index (χ2v) is 4.76. The summed E-state index contributed by atoms with van der Waals surface area (Å²) < 4.78 is 4.74. The SMILES string of the molecule is CCC(NCc1ccc(C(C)C)cc1)C(=O)OC. The molecule has 18 heavy (non-hydrogen) atoms. The molecule has 0 aliphatic rings. The van der Waals surface area contributed by atoms with E-state index in [1.807, 2.05) is 6.92 Å². The van der Waals surface area contributed by atoms with Gasteiger partial charge in [-0.05, 0) is 23.5 Å². The summed E-state index contributed by atoms with van der Waals surface area (Å²) in [4.78, 5) is 11.4. The maximum Gasteiger partial charge on any atom is 0.322 e. The Morgan fingerprint density at radius 3 is 2.33 bits per heavy atom. The van der Waals surface area contributed by atoms with Crippen LogP contribution in [-0.2, 0) is 16.1 Å². The first-order valence-corrected chi connectivity index (χ1v) is 6.48. The van der Waals surface area contributed by atoms with Crippen LogP contribution in [0, 0.1) is 0 Å². The summed E-state index contributed by atoms with van der Waals surface area (Å²) in [7, 11) is 1.42. The van der Waals surface area contributed by atoms with Crippen molar-refractivity contribution in [2.75, 3.05) is 7.11 Å². The van der Waals surface area contributed by atoms with Crippen LogP contribution < -0.4 is 5.32 Å². The van der Waals surface area contributed by atoms with E-state index in [2.05, 4.69) is 43.4 Å². The van der Waals surface area contributed by atoms with Crippen molar-refractivity contribution >= 4 is 5.97 Å². The van der Waals surface area contributed by atoms with E-state index in [-0.39, 0.29) is 12.0 Å². The molecule has 0 heterocycles. The van der Waals surface area contributed by atoms with Crippen molar-refractivity contribution in [3.8, 4) is 0 Å². The maximum absolute atomic E-state index is 11.4. The average molecular weight is 249 g/mol. The number of nitrogens with one attached hydrogen (secondary N) is 1. The number of methoxy groups -OCH3 is 1. The Balaban J connectivity index is 2.54. The van der Waals surface area contributed by atoms with E-state index in [1.165, 1.54) is 18.2 Å². The molecule has 1 atom stereocenters. The molecule has 100 valence electrons. The summed E-state index contributed by atoms with van der Waals surface area (Å²) in [5.41, 5.74) is 2.51. The van der Waals surface area contributed by atoms with Crippen molar-refractivity contribution in [1.82, 2.24) is 5.32 Å². The van der Waals surface area contributed by atoms with Crippen LogP contribution in [0.5, 0.6) is 0 Å². The largest absolute Gasteiger partial charge is 0.468 e. The summed E-state index contributed by atoms with van der Waals surface area (Å²) >= 11 is 0. The van der Waals surface area contributed by atoms with Gasteiger partial charge in [-0.1, -0.05) is 45.0 Å². The zero-order valence-corrected chi connectivity index (χ0v) is 11.7. The van der Waals surface area contributed by atoms with Gasteiger partial charge in [-0.15, -0.1) is 0 Å². The minimum Gasteiger partial charge on any atom is -0.468 e. The Morgan fingerprint density at radius 1 is 1.28 bits per heavy atom. The Kier molecular flexibility index (Phi) is 5.86. The summed E-state index contributed by atoms with van der Waals surface area (Å²) in [5.74, 6) is 0.349. The zero-order chi connectivity index (χ0) is 13.5. The number of ether oxygens (including phenoxy) is 1. The Bertz CT molecular complexity index is 371. The van der Waals surface area contributed by atoms with Gasteiger partial charge in [-0.3, -0.25) is 4.79 Å². The highest BCUT2D eigenvalue weighted by Crippen LogP contribution is 2.14. The van der Waals surface area contributed by atoms with E-state index in [1.54, 1.807) is 0 Å². The van der Waals surface area contributed by atoms with E-state index >= 15 is 0 Å². The molecule has 0 spiro atoms. The van der Waals surface area contributed by atoms with Gasteiger partial charge in [0, 0.05) is 6.54 Å². The maximum atomic E-state index is 11.4. The van der Waals surface area contributed by atoms with Crippen molar-refractivity contribution in [3.05, 3.63) is 35.4 Å². The van der Waals surface area contributed by atoms with Crippen molar-refractivity contribution in [2.24, 2.45) is 0 Å². The summed E-state index contributed by atoms with van der Waals surface area (Å²) in [6.45, 7) is 7.01. The van der Waals surface area contributed by atoms with Gasteiger partial charge in [-0.2, -0.15) is 0 Å². The topological polar surface area (TPSA) is 38.3 Å². The fraction of sp³-hybridized carbons (Fsp3) is 0.533. The normalized spacial score (nSPS) is 12.5. The molecular formula is C15H23NO2. The van der Waals surface area contributed by atoms with Gasteiger partial charge in [0.25, 0.3) is 0 Å². The molecule has 0 fully saturated rings. The monoisotopic (exact) mass is 249 g/mol. The molecule has 0 radical (unpaired) electrons. The quantitative estimate of drug-likeness (QED) is 0.788. The molecule has 1 rings (SSSR count). The van der Waals surface area contributed by atoms with Crippen molar-refractivity contribution in [3.63, 3.8) is 0 Å². The number of benzene rings is 1. The molecule has 3 heteroatoms. The Labute approximate surface area is 110 Å². The van der Waals surface area contributed by atoms with Crippen molar-refractivity contribution in [1.29, 1.82) is 0 Å². The first kappa shape index (κ1) is 14.7. The Morgan fingerprint density at radius 2 is 1.89 bits per heavy atom. The molecule has 1 aromatic carbocycles. The highest BCUT2D eigenvalue weighted by Gasteiger charge is 2.15. The third kappa shape index (κ3) is 4.15. The van der Waals surface area contributed by atoms with Gasteiger partial charge in [0.15, 0.2) is 0 Å². The summed E-state index contributed by atoms with van der Waals surface area (Å²) in [5, 5.41) is 3.21. The predicted octanol–water partition coefficient (Wildman–Crippen LogP) is 2.85. The van der Waals surface area contributed by atoms with Crippen LogP contribution in [-0.4, -0.2) is 19.1 Å². The third-order valence-electron chi connectivity index (χ3n) is 3.09. The molecule has 0 aliphatic carbocycles. The lowest BCUT2D eigenvalue weighted by Gasteiger charge is -2.14. The van der Waals surface area contributed by atoms with Crippen molar-refractivity contribution in [2.45, 2.75) is 45.7 Å². The average Bonchev–Trinajstić information content (AvgIpc) is 2.39. The summed E-state index contributed by atoms with van der Waals surface area (Å²) in [6.07, 6.45) is 0.733. The second kappa shape index (κ2) is 7.17. The molecule has 0 amide bonds. The minimum atomic E-state index is -0.222. The van der Waals surface area contributed by atoms with E-state index in [4.69, 9.17) is 4.74 Å². The second-order valence-electron chi connectivity index (χ2n) is 4.76. The summed E-state index contributed by atoms with van der Waals surface area (Å²) in [6, 6.07) is 8.26. The van der Waals surface area contributed by atoms with E-state index in [9.17, 15) is 4.79 Å². The standard InChI is InChI=1S/C15H23NO2/c1-5-14(15(17)18-4)16-10-12-6-8-13(9-7-12)11(2)3/h6-9,11,14,16H,5,10H2,1-4H3. The fourth-order valence-corrected chi connectivity index (χ4v) is 1.80. The first-order chi connectivity index (χ1) is 8.58. The van der Waals surface area contributed by atoms with Crippen molar-refractivity contribution < 1.29 is 9.53 Å².